The van der Waals surface area contributed by atoms with E-state index in [0.29, 0.717) is 18.3 Å². The first-order chi connectivity index (χ1) is 10.2. The van der Waals surface area contributed by atoms with Crippen molar-refractivity contribution >= 4 is 21.8 Å². The minimum Gasteiger partial charge on any atom is -0.472 e. The number of hydrogen-bond donors (Lipinski definition) is 0. The number of nitrogens with zero attached hydrogens (tertiary/aromatic N) is 2. The SMILES string of the molecule is O=C(C1CCCCC1)N1CCC(Oc2ncccc2Br)C1. The van der Waals surface area contributed by atoms with Crippen LogP contribution < -0.4 is 4.74 Å². The Kier molecular flexibility index (Phi) is 4.78. The maximum atomic E-state index is 12.5. The summed E-state index contributed by atoms with van der Waals surface area (Å²) in [4.78, 5) is 18.7. The van der Waals surface area contributed by atoms with E-state index < -0.39 is 0 Å². The highest BCUT2D eigenvalue weighted by Gasteiger charge is 2.32. The first-order valence-corrected chi connectivity index (χ1v) is 8.59. The van der Waals surface area contributed by atoms with Crippen molar-refractivity contribution < 1.29 is 9.53 Å². The van der Waals surface area contributed by atoms with Crippen LogP contribution in [0, 0.1) is 5.92 Å². The van der Waals surface area contributed by atoms with Crippen LogP contribution in [0.25, 0.3) is 0 Å². The zero-order valence-electron chi connectivity index (χ0n) is 12.1. The van der Waals surface area contributed by atoms with Crippen LogP contribution >= 0.6 is 15.9 Å². The molecular formula is C16H21BrN2O2. The number of likely N-dealkylation sites (tertiary alicyclic amines) is 1. The third-order valence-electron chi connectivity index (χ3n) is 4.41. The predicted octanol–water partition coefficient (Wildman–Crippen LogP) is 3.40. The van der Waals surface area contributed by atoms with Gasteiger partial charge in [0.25, 0.3) is 0 Å². The van der Waals surface area contributed by atoms with Crippen molar-refractivity contribution in [3.8, 4) is 5.88 Å². The second kappa shape index (κ2) is 6.77. The molecule has 5 heteroatoms. The molecule has 0 bridgehead atoms. The van der Waals surface area contributed by atoms with Crippen molar-refractivity contribution in [2.45, 2.75) is 44.6 Å². The standard InChI is InChI=1S/C16H21BrN2O2/c17-14-7-4-9-18-15(14)21-13-8-10-19(11-13)16(20)12-5-2-1-3-6-12/h4,7,9,12-13H,1-3,5-6,8,10-11H2. The zero-order chi connectivity index (χ0) is 14.7. The number of carbonyl (C=O) groups is 1. The molecule has 0 spiro atoms. The van der Waals surface area contributed by atoms with Crippen LogP contribution in [0.5, 0.6) is 5.88 Å². The molecule has 1 aromatic rings. The second-order valence-electron chi connectivity index (χ2n) is 5.94. The summed E-state index contributed by atoms with van der Waals surface area (Å²) < 4.78 is 6.78. The van der Waals surface area contributed by atoms with E-state index in [9.17, 15) is 4.79 Å². The molecule has 0 N–H and O–H groups in total. The summed E-state index contributed by atoms with van der Waals surface area (Å²) in [7, 11) is 0. The summed E-state index contributed by atoms with van der Waals surface area (Å²) in [6.07, 6.45) is 8.48. The van der Waals surface area contributed by atoms with Gasteiger partial charge in [0.2, 0.25) is 11.8 Å². The summed E-state index contributed by atoms with van der Waals surface area (Å²) in [5.41, 5.74) is 0. The number of halogens is 1. The Morgan fingerprint density at radius 2 is 2.10 bits per heavy atom. The fourth-order valence-corrected chi connectivity index (χ4v) is 3.60. The van der Waals surface area contributed by atoms with Crippen LogP contribution in [0.4, 0.5) is 0 Å². The topological polar surface area (TPSA) is 42.4 Å². The van der Waals surface area contributed by atoms with E-state index >= 15 is 0 Å². The number of aromatic nitrogens is 1. The van der Waals surface area contributed by atoms with E-state index in [0.717, 1.165) is 30.3 Å². The first-order valence-electron chi connectivity index (χ1n) is 7.80. The lowest BCUT2D eigenvalue weighted by Crippen LogP contribution is -2.36. The quantitative estimate of drug-likeness (QED) is 0.836. The molecule has 1 aliphatic carbocycles. The van der Waals surface area contributed by atoms with Crippen molar-refractivity contribution in [2.24, 2.45) is 5.92 Å². The molecule has 0 aromatic carbocycles. The van der Waals surface area contributed by atoms with Crippen LogP contribution in [0.3, 0.4) is 0 Å². The molecule has 2 fully saturated rings. The average Bonchev–Trinajstić information content (AvgIpc) is 2.98. The highest BCUT2D eigenvalue weighted by atomic mass is 79.9. The van der Waals surface area contributed by atoms with Gasteiger partial charge < -0.3 is 9.64 Å². The lowest BCUT2D eigenvalue weighted by atomic mass is 9.88. The van der Waals surface area contributed by atoms with Crippen molar-refractivity contribution in [3.05, 3.63) is 22.8 Å². The summed E-state index contributed by atoms with van der Waals surface area (Å²) in [5, 5.41) is 0. The molecule has 1 amide bonds. The molecule has 2 heterocycles. The summed E-state index contributed by atoms with van der Waals surface area (Å²) in [6.45, 7) is 1.50. The molecule has 1 saturated heterocycles. The minimum atomic E-state index is 0.0590. The number of ether oxygens (including phenoxy) is 1. The van der Waals surface area contributed by atoms with E-state index in [-0.39, 0.29) is 12.0 Å². The number of amides is 1. The Balaban J connectivity index is 1.55. The Morgan fingerprint density at radius 1 is 1.29 bits per heavy atom. The largest absolute Gasteiger partial charge is 0.472 e. The molecule has 4 nitrogen and oxygen atoms in total. The Bertz CT molecular complexity index is 503. The first kappa shape index (κ1) is 14.8. The van der Waals surface area contributed by atoms with Gasteiger partial charge >= 0.3 is 0 Å². The van der Waals surface area contributed by atoms with Gasteiger partial charge in [0.15, 0.2) is 0 Å². The van der Waals surface area contributed by atoms with Gasteiger partial charge in [-0.15, -0.1) is 0 Å². The molecule has 2 aliphatic rings. The van der Waals surface area contributed by atoms with Crippen LogP contribution in [0.1, 0.15) is 38.5 Å². The van der Waals surface area contributed by atoms with Crippen LogP contribution in [-0.4, -0.2) is 35.0 Å². The Labute approximate surface area is 134 Å². The molecule has 1 saturated carbocycles. The highest BCUT2D eigenvalue weighted by Crippen LogP contribution is 2.28. The molecule has 1 aliphatic heterocycles. The van der Waals surface area contributed by atoms with E-state index in [1.165, 1.54) is 19.3 Å². The predicted molar refractivity (Wildman–Crippen MR) is 84.1 cm³/mol. The fourth-order valence-electron chi connectivity index (χ4n) is 3.25. The molecule has 114 valence electrons. The normalized spacial score (nSPS) is 23.3. The molecule has 3 rings (SSSR count). The smallest absolute Gasteiger partial charge is 0.228 e. The third-order valence-corrected chi connectivity index (χ3v) is 5.02. The van der Waals surface area contributed by atoms with Crippen LogP contribution in [-0.2, 0) is 4.79 Å². The van der Waals surface area contributed by atoms with Gasteiger partial charge in [-0.1, -0.05) is 19.3 Å². The molecule has 1 atom stereocenters. The zero-order valence-corrected chi connectivity index (χ0v) is 13.7. The number of carbonyl (C=O) groups excluding carboxylic acids is 1. The molecular weight excluding hydrogens is 332 g/mol. The molecule has 0 radical (unpaired) electrons. The average molecular weight is 353 g/mol. The maximum absolute atomic E-state index is 12.5. The van der Waals surface area contributed by atoms with E-state index in [1.54, 1.807) is 6.20 Å². The fraction of sp³-hybridized carbons (Fsp3) is 0.625. The van der Waals surface area contributed by atoms with Crippen molar-refractivity contribution in [2.75, 3.05) is 13.1 Å². The van der Waals surface area contributed by atoms with Crippen molar-refractivity contribution in [1.29, 1.82) is 0 Å². The van der Waals surface area contributed by atoms with Gasteiger partial charge in [0.05, 0.1) is 11.0 Å². The minimum absolute atomic E-state index is 0.0590. The van der Waals surface area contributed by atoms with Crippen molar-refractivity contribution in [3.63, 3.8) is 0 Å². The van der Waals surface area contributed by atoms with Gasteiger partial charge in [0.1, 0.15) is 6.10 Å². The van der Waals surface area contributed by atoms with Gasteiger partial charge in [-0.3, -0.25) is 4.79 Å². The van der Waals surface area contributed by atoms with E-state index in [1.807, 2.05) is 17.0 Å². The van der Waals surface area contributed by atoms with Gasteiger partial charge in [0, 0.05) is 25.1 Å². The monoisotopic (exact) mass is 352 g/mol. The van der Waals surface area contributed by atoms with Crippen LogP contribution in [0.15, 0.2) is 22.8 Å². The lowest BCUT2D eigenvalue weighted by molar-refractivity contribution is -0.135. The third kappa shape index (κ3) is 3.57. The van der Waals surface area contributed by atoms with Gasteiger partial charge in [-0.25, -0.2) is 4.98 Å². The molecule has 1 unspecified atom stereocenters. The number of hydrogen-bond acceptors (Lipinski definition) is 3. The molecule has 1 aromatic heterocycles. The highest BCUT2D eigenvalue weighted by molar-refractivity contribution is 9.10. The second-order valence-corrected chi connectivity index (χ2v) is 6.79. The Hall–Kier alpha value is -1.10. The van der Waals surface area contributed by atoms with E-state index in [4.69, 9.17) is 4.74 Å². The van der Waals surface area contributed by atoms with Gasteiger partial charge in [-0.05, 0) is 40.9 Å². The van der Waals surface area contributed by atoms with Gasteiger partial charge in [-0.2, -0.15) is 0 Å². The lowest BCUT2D eigenvalue weighted by Gasteiger charge is -2.26. The number of pyridine rings is 1. The summed E-state index contributed by atoms with van der Waals surface area (Å²) >= 11 is 3.44. The molecule has 21 heavy (non-hydrogen) atoms. The summed E-state index contributed by atoms with van der Waals surface area (Å²) in [5.74, 6) is 1.20. The Morgan fingerprint density at radius 3 is 2.86 bits per heavy atom. The van der Waals surface area contributed by atoms with E-state index in [2.05, 4.69) is 20.9 Å². The van der Waals surface area contributed by atoms with Crippen LogP contribution in [0.2, 0.25) is 0 Å². The summed E-state index contributed by atoms with van der Waals surface area (Å²) in [6, 6.07) is 3.78. The number of rotatable bonds is 3. The van der Waals surface area contributed by atoms with Crippen molar-refractivity contribution in [1.82, 2.24) is 9.88 Å². The maximum Gasteiger partial charge on any atom is 0.228 e.